The van der Waals surface area contributed by atoms with Crippen LogP contribution in [0, 0.1) is 11.6 Å². The van der Waals surface area contributed by atoms with Crippen LogP contribution < -0.4 is 4.72 Å². The number of hydrogen-bond donors (Lipinski definition) is 2. The number of ether oxygens (including phenoxy) is 1. The third-order valence-corrected chi connectivity index (χ3v) is 4.69. The quantitative estimate of drug-likeness (QED) is 0.722. The SMILES string of the molecule is CCOC(=O)c1c(S(=O)(=O)NCc2ccc(F)cc2F)n[nH]c1CC. The lowest BCUT2D eigenvalue weighted by Gasteiger charge is -2.08. The molecule has 2 N–H and O–H groups in total. The van der Waals surface area contributed by atoms with Crippen molar-refractivity contribution < 1.29 is 26.7 Å². The van der Waals surface area contributed by atoms with Crippen molar-refractivity contribution >= 4 is 16.0 Å². The maximum Gasteiger partial charge on any atom is 0.343 e. The number of nitrogens with zero attached hydrogens (tertiary/aromatic N) is 1. The Bertz CT molecular complexity index is 881. The maximum absolute atomic E-state index is 13.6. The third-order valence-electron chi connectivity index (χ3n) is 3.36. The molecule has 0 saturated heterocycles. The van der Waals surface area contributed by atoms with Crippen molar-refractivity contribution in [1.29, 1.82) is 0 Å². The molecule has 0 radical (unpaired) electrons. The van der Waals surface area contributed by atoms with E-state index in [9.17, 15) is 22.0 Å². The van der Waals surface area contributed by atoms with Crippen LogP contribution in [0.3, 0.4) is 0 Å². The third kappa shape index (κ3) is 4.20. The molecule has 25 heavy (non-hydrogen) atoms. The largest absolute Gasteiger partial charge is 0.462 e. The number of esters is 1. The number of hydrogen-bond acceptors (Lipinski definition) is 5. The lowest BCUT2D eigenvalue weighted by atomic mass is 10.2. The topological polar surface area (TPSA) is 101 Å². The molecule has 0 aliphatic carbocycles. The number of H-pyrrole nitrogens is 1. The van der Waals surface area contributed by atoms with Gasteiger partial charge < -0.3 is 4.74 Å². The molecule has 7 nitrogen and oxygen atoms in total. The standard InChI is InChI=1S/C15H17F2N3O4S/c1-3-12-13(15(21)24-4-2)14(20-19-12)25(22,23)18-8-9-5-6-10(16)7-11(9)17/h5-7,18H,3-4,8H2,1-2H3,(H,19,20). The summed E-state index contributed by atoms with van der Waals surface area (Å²) in [7, 11) is -4.22. The van der Waals surface area contributed by atoms with Crippen molar-refractivity contribution in [3.8, 4) is 0 Å². The zero-order valence-corrected chi connectivity index (χ0v) is 14.4. The van der Waals surface area contributed by atoms with Crippen LogP contribution in [0.15, 0.2) is 23.2 Å². The van der Waals surface area contributed by atoms with E-state index < -0.39 is 39.2 Å². The van der Waals surface area contributed by atoms with Gasteiger partial charge in [-0.3, -0.25) is 5.10 Å². The molecule has 0 aliphatic heterocycles. The first-order valence-electron chi connectivity index (χ1n) is 7.48. The van der Waals surface area contributed by atoms with E-state index in [0.717, 1.165) is 12.1 Å². The second kappa shape index (κ2) is 7.70. The molecule has 0 fully saturated rings. The summed E-state index contributed by atoms with van der Waals surface area (Å²) in [6.45, 7) is 2.95. The zero-order chi connectivity index (χ0) is 18.6. The fourth-order valence-electron chi connectivity index (χ4n) is 2.13. The smallest absolute Gasteiger partial charge is 0.343 e. The molecular weight excluding hydrogens is 356 g/mol. The number of rotatable bonds is 7. The van der Waals surface area contributed by atoms with E-state index in [-0.39, 0.29) is 17.7 Å². The van der Waals surface area contributed by atoms with Crippen molar-refractivity contribution in [3.63, 3.8) is 0 Å². The fourth-order valence-corrected chi connectivity index (χ4v) is 3.25. The van der Waals surface area contributed by atoms with Crippen LogP contribution in [0.2, 0.25) is 0 Å². The van der Waals surface area contributed by atoms with E-state index in [2.05, 4.69) is 14.9 Å². The van der Waals surface area contributed by atoms with Crippen LogP contribution >= 0.6 is 0 Å². The van der Waals surface area contributed by atoms with Crippen LogP contribution in [-0.4, -0.2) is 31.2 Å². The lowest BCUT2D eigenvalue weighted by molar-refractivity contribution is 0.0520. The van der Waals surface area contributed by atoms with E-state index in [4.69, 9.17) is 4.74 Å². The summed E-state index contributed by atoms with van der Waals surface area (Å²) in [4.78, 5) is 12.0. The molecule has 136 valence electrons. The fraction of sp³-hybridized carbons (Fsp3) is 0.333. The molecule has 1 heterocycles. The Morgan fingerprint density at radius 1 is 1.32 bits per heavy atom. The Morgan fingerprint density at radius 3 is 2.64 bits per heavy atom. The van der Waals surface area contributed by atoms with Gasteiger partial charge in [0.2, 0.25) is 5.03 Å². The zero-order valence-electron chi connectivity index (χ0n) is 13.6. The molecule has 2 rings (SSSR count). The Morgan fingerprint density at radius 2 is 2.04 bits per heavy atom. The van der Waals surface area contributed by atoms with Crippen LogP contribution in [0.1, 0.15) is 35.5 Å². The van der Waals surface area contributed by atoms with Crippen molar-refractivity contribution in [1.82, 2.24) is 14.9 Å². The predicted molar refractivity (Wildman–Crippen MR) is 84.3 cm³/mol. The van der Waals surface area contributed by atoms with Crippen LogP contribution in [0.25, 0.3) is 0 Å². The van der Waals surface area contributed by atoms with Gasteiger partial charge in [0, 0.05) is 18.2 Å². The van der Waals surface area contributed by atoms with E-state index >= 15 is 0 Å². The monoisotopic (exact) mass is 373 g/mol. The molecule has 1 aromatic carbocycles. The highest BCUT2D eigenvalue weighted by Gasteiger charge is 2.29. The van der Waals surface area contributed by atoms with Crippen molar-refractivity contribution in [3.05, 3.63) is 46.7 Å². The Kier molecular flexibility index (Phi) is 5.85. The second-order valence-corrected chi connectivity index (χ2v) is 6.70. The van der Waals surface area contributed by atoms with Gasteiger partial charge in [-0.2, -0.15) is 5.10 Å². The number of halogens is 2. The normalized spacial score (nSPS) is 11.5. The maximum atomic E-state index is 13.6. The first kappa shape index (κ1) is 19.0. The summed E-state index contributed by atoms with van der Waals surface area (Å²) >= 11 is 0. The minimum absolute atomic E-state index is 0.0473. The summed E-state index contributed by atoms with van der Waals surface area (Å²) in [6.07, 6.45) is 0.337. The van der Waals surface area contributed by atoms with Gasteiger partial charge in [0.05, 0.1) is 12.3 Å². The van der Waals surface area contributed by atoms with Crippen molar-refractivity contribution in [2.45, 2.75) is 31.8 Å². The van der Waals surface area contributed by atoms with E-state index in [0.29, 0.717) is 18.2 Å². The minimum atomic E-state index is -4.22. The molecule has 0 unspecified atom stereocenters. The molecule has 0 aliphatic rings. The highest BCUT2D eigenvalue weighted by Crippen LogP contribution is 2.19. The van der Waals surface area contributed by atoms with Crippen molar-refractivity contribution in [2.24, 2.45) is 0 Å². The van der Waals surface area contributed by atoms with Gasteiger partial charge in [-0.25, -0.2) is 26.7 Å². The first-order chi connectivity index (χ1) is 11.8. The molecule has 10 heteroatoms. The van der Waals surface area contributed by atoms with Gasteiger partial charge >= 0.3 is 5.97 Å². The van der Waals surface area contributed by atoms with Crippen LogP contribution in [0.4, 0.5) is 8.78 Å². The van der Waals surface area contributed by atoms with E-state index in [1.54, 1.807) is 13.8 Å². The number of aromatic amines is 1. The van der Waals surface area contributed by atoms with E-state index in [1.807, 2.05) is 0 Å². The summed E-state index contributed by atoms with van der Waals surface area (Å²) in [5.41, 5.74) is 0.0807. The van der Waals surface area contributed by atoms with Crippen molar-refractivity contribution in [2.75, 3.05) is 6.61 Å². The van der Waals surface area contributed by atoms with Gasteiger partial charge in [0.1, 0.15) is 17.2 Å². The molecule has 2 aromatic rings. The molecule has 0 spiro atoms. The molecule has 0 amide bonds. The minimum Gasteiger partial charge on any atom is -0.462 e. The summed E-state index contributed by atoms with van der Waals surface area (Å²) in [5.74, 6) is -2.47. The highest BCUT2D eigenvalue weighted by atomic mass is 32.2. The number of benzene rings is 1. The molecular formula is C15H17F2N3O4S. The first-order valence-corrected chi connectivity index (χ1v) is 8.96. The number of carbonyl (C=O) groups is 1. The number of carbonyl (C=O) groups excluding carboxylic acids is 1. The average molecular weight is 373 g/mol. The molecule has 1 aromatic heterocycles. The summed E-state index contributed by atoms with van der Waals surface area (Å²) in [6, 6.07) is 2.79. The number of aromatic nitrogens is 2. The average Bonchev–Trinajstić information content (AvgIpc) is 2.99. The summed E-state index contributed by atoms with van der Waals surface area (Å²) in [5, 5.41) is 5.65. The van der Waals surface area contributed by atoms with Gasteiger partial charge in [0.15, 0.2) is 0 Å². The lowest BCUT2D eigenvalue weighted by Crippen LogP contribution is -2.26. The van der Waals surface area contributed by atoms with Gasteiger partial charge in [-0.1, -0.05) is 13.0 Å². The Hall–Kier alpha value is -2.33. The Balaban J connectivity index is 2.30. The number of aryl methyl sites for hydroxylation is 1. The van der Waals surface area contributed by atoms with Crippen LogP contribution in [0.5, 0.6) is 0 Å². The highest BCUT2D eigenvalue weighted by molar-refractivity contribution is 7.89. The molecule has 0 atom stereocenters. The van der Waals surface area contributed by atoms with Gasteiger partial charge in [0.25, 0.3) is 10.0 Å². The molecule has 0 saturated carbocycles. The van der Waals surface area contributed by atoms with Gasteiger partial charge in [-0.15, -0.1) is 0 Å². The van der Waals surface area contributed by atoms with Gasteiger partial charge in [-0.05, 0) is 19.4 Å². The number of nitrogens with one attached hydrogen (secondary N) is 2. The van der Waals surface area contributed by atoms with Crippen LogP contribution in [-0.2, 0) is 27.7 Å². The second-order valence-electron chi connectivity index (χ2n) is 5.02. The Labute approximate surface area is 143 Å². The molecule has 0 bridgehead atoms. The number of sulfonamides is 1. The summed E-state index contributed by atoms with van der Waals surface area (Å²) < 4.78 is 58.4. The van der Waals surface area contributed by atoms with E-state index in [1.165, 1.54) is 0 Å². The predicted octanol–water partition coefficient (Wildman–Crippen LogP) is 1.91.